The largest absolute Gasteiger partial charge is 0.447 e. The molecule has 6 heteroatoms. The molecule has 2 bridgehead atoms. The number of pyridine rings is 1. The van der Waals surface area contributed by atoms with Crippen LogP contribution in [0.3, 0.4) is 0 Å². The Balaban J connectivity index is 1.42. The number of hydrogen-bond acceptors (Lipinski definition) is 5. The molecule has 1 amide bonds. The maximum atomic E-state index is 12.7. The molecule has 25 heavy (non-hydrogen) atoms. The predicted molar refractivity (Wildman–Crippen MR) is 98.4 cm³/mol. The number of aryl methyl sites for hydroxylation is 1. The Labute approximate surface area is 152 Å². The lowest BCUT2D eigenvalue weighted by atomic mass is 9.79. The Bertz CT molecular complexity index is 766. The van der Waals surface area contributed by atoms with Gasteiger partial charge < -0.3 is 10.1 Å². The lowest BCUT2D eigenvalue weighted by Gasteiger charge is -2.49. The van der Waals surface area contributed by atoms with Crippen molar-refractivity contribution in [2.45, 2.75) is 38.8 Å². The fourth-order valence-electron chi connectivity index (χ4n) is 3.96. The quantitative estimate of drug-likeness (QED) is 0.910. The molecule has 3 aliphatic heterocycles. The van der Waals surface area contributed by atoms with Crippen molar-refractivity contribution in [3.63, 3.8) is 0 Å². The summed E-state index contributed by atoms with van der Waals surface area (Å²) < 4.78 is 5.84. The molecule has 2 aromatic heterocycles. The second-order valence-electron chi connectivity index (χ2n) is 6.97. The van der Waals surface area contributed by atoms with Crippen molar-refractivity contribution in [2.24, 2.45) is 5.92 Å². The van der Waals surface area contributed by atoms with Crippen molar-refractivity contribution in [2.75, 3.05) is 13.1 Å². The molecule has 3 aliphatic rings. The molecule has 0 radical (unpaired) electrons. The van der Waals surface area contributed by atoms with Crippen LogP contribution in [-0.2, 0) is 0 Å². The number of thiophene rings is 1. The van der Waals surface area contributed by atoms with Crippen molar-refractivity contribution >= 4 is 17.2 Å². The van der Waals surface area contributed by atoms with Crippen LogP contribution in [0.4, 0.5) is 0 Å². The van der Waals surface area contributed by atoms with Crippen LogP contribution in [0.25, 0.3) is 0 Å². The van der Waals surface area contributed by atoms with Crippen LogP contribution in [0, 0.1) is 12.8 Å². The number of ether oxygens (including phenoxy) is 1. The van der Waals surface area contributed by atoms with Gasteiger partial charge in [-0.15, -0.1) is 0 Å². The molecule has 0 aliphatic carbocycles. The molecule has 3 fully saturated rings. The van der Waals surface area contributed by atoms with Crippen LogP contribution in [0.1, 0.15) is 35.1 Å². The summed E-state index contributed by atoms with van der Waals surface area (Å²) in [5, 5.41) is 3.99. The number of rotatable bonds is 4. The Morgan fingerprint density at radius 1 is 1.32 bits per heavy atom. The third-order valence-corrected chi connectivity index (χ3v) is 6.33. The predicted octanol–water partition coefficient (Wildman–Crippen LogP) is 3.46. The van der Waals surface area contributed by atoms with Crippen LogP contribution in [0.5, 0.6) is 10.8 Å². The summed E-state index contributed by atoms with van der Waals surface area (Å²) in [6.07, 6.45) is 4.10. The van der Waals surface area contributed by atoms with Crippen molar-refractivity contribution in [1.82, 2.24) is 15.2 Å². The fourth-order valence-corrected chi connectivity index (χ4v) is 4.74. The van der Waals surface area contributed by atoms with E-state index < -0.39 is 0 Å². The Morgan fingerprint density at radius 2 is 2.12 bits per heavy atom. The minimum absolute atomic E-state index is 0.0105. The van der Waals surface area contributed by atoms with Crippen LogP contribution >= 0.6 is 11.3 Å². The highest BCUT2D eigenvalue weighted by atomic mass is 32.1. The summed E-state index contributed by atoms with van der Waals surface area (Å²) in [7, 11) is 0. The molecule has 5 nitrogen and oxygen atoms in total. The molecule has 5 heterocycles. The van der Waals surface area contributed by atoms with Gasteiger partial charge in [0, 0.05) is 30.0 Å². The normalized spacial score (nSPS) is 27.9. The topological polar surface area (TPSA) is 54.5 Å². The molecule has 5 rings (SSSR count). The van der Waals surface area contributed by atoms with Crippen molar-refractivity contribution in [3.8, 4) is 10.8 Å². The second kappa shape index (κ2) is 6.77. The van der Waals surface area contributed by atoms with E-state index in [1.807, 2.05) is 31.2 Å². The molecule has 3 saturated heterocycles. The first-order chi connectivity index (χ1) is 12.1. The van der Waals surface area contributed by atoms with E-state index in [1.165, 1.54) is 37.3 Å². The third kappa shape index (κ3) is 3.41. The van der Waals surface area contributed by atoms with E-state index in [0.717, 1.165) is 16.5 Å². The number of piperidine rings is 3. The fraction of sp³-hybridized carbons (Fsp3) is 0.474. The van der Waals surface area contributed by atoms with Crippen LogP contribution in [-0.4, -0.2) is 41.0 Å². The van der Waals surface area contributed by atoms with Gasteiger partial charge in [0.05, 0.1) is 4.88 Å². The minimum atomic E-state index is 0.0105. The van der Waals surface area contributed by atoms with Gasteiger partial charge in [0.25, 0.3) is 5.91 Å². The van der Waals surface area contributed by atoms with E-state index in [0.29, 0.717) is 16.8 Å². The summed E-state index contributed by atoms with van der Waals surface area (Å²) in [4.78, 5) is 20.0. The average Bonchev–Trinajstić information content (AvgIpc) is 3.07. The van der Waals surface area contributed by atoms with Gasteiger partial charge >= 0.3 is 0 Å². The molecule has 2 aromatic rings. The van der Waals surface area contributed by atoms with E-state index in [1.54, 1.807) is 6.20 Å². The first-order valence-electron chi connectivity index (χ1n) is 8.85. The highest BCUT2D eigenvalue weighted by molar-refractivity contribution is 7.15. The van der Waals surface area contributed by atoms with Crippen LogP contribution in [0.15, 0.2) is 30.5 Å². The molecule has 132 valence electrons. The zero-order valence-electron chi connectivity index (χ0n) is 14.6. The highest BCUT2D eigenvalue weighted by Gasteiger charge is 2.40. The van der Waals surface area contributed by atoms with E-state index in [4.69, 9.17) is 4.74 Å². The van der Waals surface area contributed by atoms with Gasteiger partial charge in [-0.05, 0) is 63.9 Å². The maximum Gasteiger partial charge on any atom is 0.261 e. The Kier molecular flexibility index (Phi) is 4.48. The Morgan fingerprint density at radius 3 is 2.84 bits per heavy atom. The first kappa shape index (κ1) is 16.5. The summed E-state index contributed by atoms with van der Waals surface area (Å²) in [5.74, 6) is 1.36. The van der Waals surface area contributed by atoms with Crippen LogP contribution < -0.4 is 10.1 Å². The van der Waals surface area contributed by atoms with E-state index in [2.05, 4.69) is 22.1 Å². The summed E-state index contributed by atoms with van der Waals surface area (Å²) in [6, 6.07) is 8.08. The number of amides is 1. The number of hydrogen-bond donors (Lipinski definition) is 1. The van der Waals surface area contributed by atoms with E-state index in [9.17, 15) is 4.79 Å². The van der Waals surface area contributed by atoms with Gasteiger partial charge in [-0.2, -0.15) is 0 Å². The molecule has 0 aromatic carbocycles. The summed E-state index contributed by atoms with van der Waals surface area (Å²) >= 11 is 1.38. The van der Waals surface area contributed by atoms with Gasteiger partial charge in [-0.25, -0.2) is 0 Å². The highest BCUT2D eigenvalue weighted by Crippen LogP contribution is 2.33. The average molecular weight is 357 g/mol. The van der Waals surface area contributed by atoms with Crippen molar-refractivity contribution < 1.29 is 9.53 Å². The van der Waals surface area contributed by atoms with Crippen molar-refractivity contribution in [1.29, 1.82) is 0 Å². The van der Waals surface area contributed by atoms with E-state index in [-0.39, 0.29) is 11.9 Å². The van der Waals surface area contributed by atoms with Gasteiger partial charge in [0.1, 0.15) is 5.75 Å². The monoisotopic (exact) mass is 357 g/mol. The molecular formula is C19H23N3O2S. The zero-order chi connectivity index (χ0) is 17.4. The molecular weight excluding hydrogens is 334 g/mol. The molecule has 2 atom stereocenters. The summed E-state index contributed by atoms with van der Waals surface area (Å²) in [5.41, 5.74) is 0.906. The van der Waals surface area contributed by atoms with Crippen molar-refractivity contribution in [3.05, 3.63) is 41.0 Å². The zero-order valence-corrected chi connectivity index (χ0v) is 15.4. The van der Waals surface area contributed by atoms with E-state index >= 15 is 0 Å². The lowest BCUT2D eigenvalue weighted by molar-refractivity contribution is 0.0218. The summed E-state index contributed by atoms with van der Waals surface area (Å²) in [6.45, 7) is 6.49. The maximum absolute atomic E-state index is 12.7. The smallest absolute Gasteiger partial charge is 0.261 e. The number of carbonyl (C=O) groups is 1. The lowest BCUT2D eigenvalue weighted by Crippen LogP contribution is -2.62. The van der Waals surface area contributed by atoms with Gasteiger partial charge in [-0.1, -0.05) is 11.3 Å². The number of fused-ring (bicyclic) bond motifs is 3. The standard InChI is InChI=1S/C19H23N3O2S/c1-12-11-15(5-8-20-12)24-17-4-3-16(25-17)19(23)21-18-13(2)22-9-6-14(18)7-10-22/h3-5,8,11,13-14,18H,6-7,9-10H2,1-2H3,(H,21,23)/t13-,18-/m0/s1. The molecule has 0 unspecified atom stereocenters. The number of aromatic nitrogens is 1. The number of nitrogens with zero attached hydrogens (tertiary/aromatic N) is 2. The SMILES string of the molecule is Cc1cc(Oc2ccc(C(=O)N[C@@H]3C4CCN(CC4)[C@H]3C)s2)ccn1. The van der Waals surface area contributed by atoms with Crippen LogP contribution in [0.2, 0.25) is 0 Å². The second-order valence-corrected chi connectivity index (χ2v) is 8.01. The third-order valence-electron chi connectivity index (χ3n) is 5.37. The van der Waals surface area contributed by atoms with Gasteiger partial charge in [0.2, 0.25) is 0 Å². The Hall–Kier alpha value is -1.92. The number of carbonyl (C=O) groups excluding carboxylic acids is 1. The molecule has 1 N–H and O–H groups in total. The molecule has 0 spiro atoms. The number of nitrogens with one attached hydrogen (secondary N) is 1. The first-order valence-corrected chi connectivity index (χ1v) is 9.67. The van der Waals surface area contributed by atoms with Gasteiger partial charge in [0.15, 0.2) is 5.06 Å². The minimum Gasteiger partial charge on any atom is -0.447 e. The van der Waals surface area contributed by atoms with Gasteiger partial charge in [-0.3, -0.25) is 14.7 Å². The molecule has 0 saturated carbocycles.